The first kappa shape index (κ1) is 21.5. The topological polar surface area (TPSA) is 120 Å². The fourth-order valence-electron chi connectivity index (χ4n) is 3.25. The van der Waals surface area contributed by atoms with Gasteiger partial charge in [0.15, 0.2) is 0 Å². The number of hydrogen-bond acceptors (Lipinski definition) is 7. The summed E-state index contributed by atoms with van der Waals surface area (Å²) in [7, 11) is 0. The molecule has 1 aromatic heterocycles. The lowest BCUT2D eigenvalue weighted by Crippen LogP contribution is -2.28. The average molecular weight is 437 g/mol. The van der Waals surface area contributed by atoms with Gasteiger partial charge in [0.25, 0.3) is 0 Å². The van der Waals surface area contributed by atoms with Crippen molar-refractivity contribution < 1.29 is 9.21 Å². The third kappa shape index (κ3) is 4.62. The molecule has 162 valence electrons. The van der Waals surface area contributed by atoms with Crippen LogP contribution in [0.3, 0.4) is 0 Å². The van der Waals surface area contributed by atoms with E-state index in [9.17, 15) is 14.9 Å². The Labute approximate surface area is 188 Å². The smallest absolute Gasteiger partial charge is 0.345 e. The number of nitrogens with one attached hydrogen (secondary N) is 2. The maximum absolute atomic E-state index is 12.5. The zero-order chi connectivity index (χ0) is 23.4. The second-order valence-electron chi connectivity index (χ2n) is 7.33. The molecule has 0 aliphatic heterocycles. The van der Waals surface area contributed by atoms with E-state index in [1.54, 1.807) is 37.3 Å². The molecule has 8 nitrogen and oxygen atoms in total. The molecule has 0 unspecified atom stereocenters. The van der Waals surface area contributed by atoms with Crippen molar-refractivity contribution in [2.24, 2.45) is 10.2 Å². The molecule has 4 rings (SSSR count). The van der Waals surface area contributed by atoms with Crippen LogP contribution in [-0.2, 0) is 4.79 Å². The van der Waals surface area contributed by atoms with Crippen LogP contribution >= 0.6 is 0 Å². The SMILES string of the molecule is C/C(=N\NC(=O)/C(C#N)=N/Nc1ccc(C)cc1)c1cc2c(ccc3ccccc32)oc1=O. The fraction of sp³-hybridized carbons (Fsp3) is 0.0800. The van der Waals surface area contributed by atoms with Crippen molar-refractivity contribution in [2.45, 2.75) is 13.8 Å². The second-order valence-corrected chi connectivity index (χ2v) is 7.33. The first-order valence-corrected chi connectivity index (χ1v) is 10.1. The number of carbonyl (C=O) groups excluding carboxylic acids is 1. The van der Waals surface area contributed by atoms with E-state index in [2.05, 4.69) is 21.1 Å². The molecule has 2 N–H and O–H groups in total. The van der Waals surface area contributed by atoms with Gasteiger partial charge in [0.2, 0.25) is 5.71 Å². The number of hydrazone groups is 2. The maximum atomic E-state index is 12.5. The van der Waals surface area contributed by atoms with E-state index in [-0.39, 0.29) is 11.3 Å². The molecule has 4 aromatic rings. The third-order valence-corrected chi connectivity index (χ3v) is 5.03. The zero-order valence-electron chi connectivity index (χ0n) is 17.9. The van der Waals surface area contributed by atoms with E-state index in [4.69, 9.17) is 4.42 Å². The maximum Gasteiger partial charge on any atom is 0.345 e. The highest BCUT2D eigenvalue weighted by Crippen LogP contribution is 2.25. The zero-order valence-corrected chi connectivity index (χ0v) is 17.9. The van der Waals surface area contributed by atoms with Gasteiger partial charge in [0.1, 0.15) is 11.7 Å². The van der Waals surface area contributed by atoms with Gasteiger partial charge in [-0.25, -0.2) is 10.2 Å². The lowest BCUT2D eigenvalue weighted by Gasteiger charge is -2.06. The minimum atomic E-state index is -0.813. The summed E-state index contributed by atoms with van der Waals surface area (Å²) >= 11 is 0. The lowest BCUT2D eigenvalue weighted by atomic mass is 10.0. The van der Waals surface area contributed by atoms with Crippen LogP contribution in [0.4, 0.5) is 5.69 Å². The van der Waals surface area contributed by atoms with E-state index in [0.29, 0.717) is 11.3 Å². The summed E-state index contributed by atoms with van der Waals surface area (Å²) in [6, 6.07) is 22.1. The molecule has 1 amide bonds. The standard InChI is InChI=1S/C25H19N5O3/c1-15-7-10-18(11-8-15)28-29-22(14-26)24(31)30-27-16(2)20-13-21-19-6-4-3-5-17(19)9-12-23(21)33-25(20)32/h3-13,28H,1-2H3,(H,30,31)/b27-16+,29-22+. The number of aryl methyl sites for hydroxylation is 1. The second kappa shape index (κ2) is 9.16. The van der Waals surface area contributed by atoms with Crippen molar-refractivity contribution >= 4 is 44.8 Å². The fourth-order valence-corrected chi connectivity index (χ4v) is 3.25. The molecule has 0 aliphatic carbocycles. The molecular formula is C25H19N5O3. The van der Waals surface area contributed by atoms with E-state index in [1.165, 1.54) is 0 Å². The van der Waals surface area contributed by atoms with Gasteiger partial charge < -0.3 is 4.42 Å². The van der Waals surface area contributed by atoms with Crippen molar-refractivity contribution in [3.05, 3.63) is 88.3 Å². The van der Waals surface area contributed by atoms with Crippen LogP contribution in [0.15, 0.2) is 86.1 Å². The van der Waals surface area contributed by atoms with E-state index in [1.807, 2.05) is 49.4 Å². The van der Waals surface area contributed by atoms with Crippen LogP contribution < -0.4 is 16.5 Å². The molecule has 33 heavy (non-hydrogen) atoms. The summed E-state index contributed by atoms with van der Waals surface area (Å²) < 4.78 is 5.46. The molecule has 0 fully saturated rings. The quantitative estimate of drug-likeness (QED) is 0.211. The largest absolute Gasteiger partial charge is 0.422 e. The Kier molecular flexibility index (Phi) is 5.96. The predicted molar refractivity (Wildman–Crippen MR) is 128 cm³/mol. The lowest BCUT2D eigenvalue weighted by molar-refractivity contribution is -0.114. The number of nitriles is 1. The summed E-state index contributed by atoms with van der Waals surface area (Å²) in [5.74, 6) is -0.813. The van der Waals surface area contributed by atoms with Crippen molar-refractivity contribution in [2.75, 3.05) is 5.43 Å². The van der Waals surface area contributed by atoms with Gasteiger partial charge in [-0.05, 0) is 48.9 Å². The number of carbonyl (C=O) groups is 1. The Morgan fingerprint density at radius 2 is 1.76 bits per heavy atom. The number of benzene rings is 3. The minimum absolute atomic E-state index is 0.201. The van der Waals surface area contributed by atoms with Gasteiger partial charge in [-0.2, -0.15) is 15.5 Å². The summed E-state index contributed by atoms with van der Waals surface area (Å²) in [6.45, 7) is 3.51. The number of hydrogen-bond donors (Lipinski definition) is 2. The summed E-state index contributed by atoms with van der Waals surface area (Å²) in [5.41, 5.74) is 6.52. The Morgan fingerprint density at radius 1 is 1.00 bits per heavy atom. The van der Waals surface area contributed by atoms with Crippen LogP contribution in [0, 0.1) is 18.3 Å². The Balaban J connectivity index is 1.58. The Hall–Kier alpha value is -4.77. The third-order valence-electron chi connectivity index (χ3n) is 5.03. The van der Waals surface area contributed by atoms with Crippen LogP contribution in [-0.4, -0.2) is 17.3 Å². The first-order chi connectivity index (χ1) is 16.0. The van der Waals surface area contributed by atoms with E-state index < -0.39 is 17.2 Å². The molecule has 8 heteroatoms. The van der Waals surface area contributed by atoms with Crippen molar-refractivity contribution in [3.8, 4) is 6.07 Å². The summed E-state index contributed by atoms with van der Waals surface area (Å²) in [5, 5.41) is 19.8. The molecule has 0 saturated heterocycles. The molecule has 0 aliphatic rings. The Bertz CT molecular complexity index is 1530. The average Bonchev–Trinajstić information content (AvgIpc) is 2.83. The van der Waals surface area contributed by atoms with Crippen molar-refractivity contribution in [1.29, 1.82) is 5.26 Å². The number of rotatable bonds is 5. The highest BCUT2D eigenvalue weighted by molar-refractivity contribution is 6.45. The summed E-state index contributed by atoms with van der Waals surface area (Å²) in [6.07, 6.45) is 0. The van der Waals surface area contributed by atoms with Crippen LogP contribution in [0.5, 0.6) is 0 Å². The molecule has 0 spiro atoms. The van der Waals surface area contributed by atoms with Gasteiger partial charge in [-0.3, -0.25) is 10.2 Å². The van der Waals surface area contributed by atoms with Gasteiger partial charge in [0, 0.05) is 5.39 Å². The molecule has 0 saturated carbocycles. The predicted octanol–water partition coefficient (Wildman–Crippen LogP) is 4.09. The van der Waals surface area contributed by atoms with E-state index in [0.717, 1.165) is 21.7 Å². The number of anilines is 1. The van der Waals surface area contributed by atoms with Crippen molar-refractivity contribution in [1.82, 2.24) is 5.43 Å². The molecule has 1 heterocycles. The monoisotopic (exact) mass is 437 g/mol. The molecule has 0 atom stereocenters. The van der Waals surface area contributed by atoms with Crippen molar-refractivity contribution in [3.63, 3.8) is 0 Å². The van der Waals surface area contributed by atoms with E-state index >= 15 is 0 Å². The molecular weight excluding hydrogens is 418 g/mol. The normalized spacial score (nSPS) is 11.9. The number of fused-ring (bicyclic) bond motifs is 3. The Morgan fingerprint density at radius 3 is 2.52 bits per heavy atom. The number of amides is 1. The van der Waals surface area contributed by atoms with Crippen LogP contribution in [0.25, 0.3) is 21.7 Å². The highest BCUT2D eigenvalue weighted by Gasteiger charge is 2.13. The van der Waals surface area contributed by atoms with Gasteiger partial charge in [-0.15, -0.1) is 0 Å². The van der Waals surface area contributed by atoms with Gasteiger partial charge in [-0.1, -0.05) is 48.0 Å². The molecule has 3 aromatic carbocycles. The van der Waals surface area contributed by atoms with Gasteiger partial charge in [0.05, 0.1) is 17.0 Å². The van der Waals surface area contributed by atoms with Crippen LogP contribution in [0.2, 0.25) is 0 Å². The van der Waals surface area contributed by atoms with Crippen LogP contribution in [0.1, 0.15) is 18.1 Å². The number of nitrogens with zero attached hydrogens (tertiary/aromatic N) is 3. The molecule has 0 bridgehead atoms. The summed E-state index contributed by atoms with van der Waals surface area (Å²) in [4.78, 5) is 24.8. The highest BCUT2D eigenvalue weighted by atomic mass is 16.4. The first-order valence-electron chi connectivity index (χ1n) is 10.1. The van der Waals surface area contributed by atoms with Gasteiger partial charge >= 0.3 is 11.5 Å². The minimum Gasteiger partial charge on any atom is -0.422 e. The molecule has 0 radical (unpaired) electrons.